The first kappa shape index (κ1) is 30.9. The molecule has 2 aromatic carbocycles. The molecule has 41 heavy (non-hydrogen) atoms. The van der Waals surface area contributed by atoms with Crippen molar-refractivity contribution in [2.75, 3.05) is 12.3 Å². The molecular formula is C29H39N4O6PS. The van der Waals surface area contributed by atoms with E-state index in [9.17, 15) is 23.8 Å². The van der Waals surface area contributed by atoms with Gasteiger partial charge in [-0.05, 0) is 43.4 Å². The minimum absolute atomic E-state index is 0.0262. The van der Waals surface area contributed by atoms with Crippen LogP contribution in [0.15, 0.2) is 60.7 Å². The third kappa shape index (κ3) is 9.51. The van der Waals surface area contributed by atoms with E-state index in [0.29, 0.717) is 30.2 Å². The molecule has 2 aliphatic rings. The summed E-state index contributed by atoms with van der Waals surface area (Å²) >= 11 is 1.88. The number of para-hydroxylation sites is 1. The van der Waals surface area contributed by atoms with Crippen molar-refractivity contribution in [3.8, 4) is 5.75 Å². The lowest BCUT2D eigenvalue weighted by molar-refractivity contribution is -0.122. The molecule has 4 rings (SSSR count). The molecule has 2 fully saturated rings. The van der Waals surface area contributed by atoms with E-state index < -0.39 is 13.4 Å². The largest absolute Gasteiger partial charge is 0.423 e. The second-order valence-corrected chi connectivity index (χ2v) is 13.5. The number of thioether (sulfide) groups is 1. The molecule has 4 amide bonds. The summed E-state index contributed by atoms with van der Waals surface area (Å²) < 4.78 is 18.6. The Morgan fingerprint density at radius 2 is 1.63 bits per heavy atom. The Hall–Kier alpha value is -3.01. The molecule has 5 unspecified atom stereocenters. The fraction of sp³-hybridized carbons (Fsp3) is 0.483. The first-order valence-electron chi connectivity index (χ1n) is 14.2. The van der Waals surface area contributed by atoms with Crippen LogP contribution in [-0.2, 0) is 14.2 Å². The second kappa shape index (κ2) is 15.3. The standard InChI is InChI=1S/C29H39N4O6PS/c34-25(17-10-9-16-24-27-23(20-41-24)31-29(36)33-27)30-19-11-3-8-18-26(35)32-28(21-12-4-1-5-13-21)40(37,38)39-22-14-6-2-7-15-22/h1-2,4-7,12-15,23-24,27-28H,3,8-11,16-20H2,(H,30,34)(H,32,35)(H,37,38)(H2,31,33,36). The van der Waals surface area contributed by atoms with E-state index in [1.165, 1.54) is 0 Å². The van der Waals surface area contributed by atoms with E-state index in [4.69, 9.17) is 4.52 Å². The number of hydrogen-bond donors (Lipinski definition) is 5. The second-order valence-electron chi connectivity index (χ2n) is 10.4. The third-order valence-electron chi connectivity index (χ3n) is 7.20. The van der Waals surface area contributed by atoms with Gasteiger partial charge in [0.1, 0.15) is 5.75 Å². The van der Waals surface area contributed by atoms with Crippen LogP contribution in [-0.4, -0.2) is 52.4 Å². The Balaban J connectivity index is 1.10. The number of unbranched alkanes of at least 4 members (excludes halogenated alkanes) is 3. The smallest absolute Gasteiger partial charge is 0.403 e. The van der Waals surface area contributed by atoms with Gasteiger partial charge in [0.15, 0.2) is 5.78 Å². The Labute approximate surface area is 245 Å². The lowest BCUT2D eigenvalue weighted by atomic mass is 10.0. The van der Waals surface area contributed by atoms with Crippen LogP contribution < -0.4 is 25.8 Å². The molecule has 2 aliphatic heterocycles. The van der Waals surface area contributed by atoms with Crippen molar-refractivity contribution in [2.24, 2.45) is 0 Å². The monoisotopic (exact) mass is 602 g/mol. The van der Waals surface area contributed by atoms with Gasteiger partial charge in [-0.1, -0.05) is 61.4 Å². The number of amides is 4. The van der Waals surface area contributed by atoms with Crippen LogP contribution >= 0.6 is 19.4 Å². The van der Waals surface area contributed by atoms with Gasteiger partial charge in [0.05, 0.1) is 12.1 Å². The summed E-state index contributed by atoms with van der Waals surface area (Å²) in [5, 5.41) is 12.0. The molecule has 0 saturated carbocycles. The predicted molar refractivity (Wildman–Crippen MR) is 160 cm³/mol. The number of rotatable bonds is 16. The van der Waals surface area contributed by atoms with E-state index >= 15 is 0 Å². The van der Waals surface area contributed by atoms with E-state index in [1.54, 1.807) is 60.7 Å². The topological polar surface area (TPSA) is 146 Å². The summed E-state index contributed by atoms with van der Waals surface area (Å²) in [4.78, 5) is 47.1. The normalized spacial score (nSPS) is 21.6. The molecule has 10 nitrogen and oxygen atoms in total. The maximum atomic E-state index is 13.2. The van der Waals surface area contributed by atoms with Crippen molar-refractivity contribution in [3.63, 3.8) is 0 Å². The van der Waals surface area contributed by atoms with Crippen LogP contribution in [0.2, 0.25) is 0 Å². The van der Waals surface area contributed by atoms with E-state index in [0.717, 1.165) is 37.9 Å². The number of hydrogen-bond acceptors (Lipinski definition) is 6. The van der Waals surface area contributed by atoms with Gasteiger partial charge in [-0.25, -0.2) is 9.36 Å². The molecule has 5 atom stereocenters. The fourth-order valence-corrected chi connectivity index (χ4v) is 8.00. The zero-order chi connectivity index (χ0) is 29.1. The van der Waals surface area contributed by atoms with Crippen molar-refractivity contribution in [1.29, 1.82) is 0 Å². The quantitative estimate of drug-likeness (QED) is 0.108. The van der Waals surface area contributed by atoms with Crippen LogP contribution in [0.3, 0.4) is 0 Å². The fourth-order valence-electron chi connectivity index (χ4n) is 5.08. The van der Waals surface area contributed by atoms with E-state index in [2.05, 4.69) is 21.3 Å². The average molecular weight is 603 g/mol. The number of carbonyl (C=O) groups excluding carboxylic acids is 3. The summed E-state index contributed by atoms with van der Waals surface area (Å²) in [7, 11) is -4.29. The third-order valence-corrected chi connectivity index (χ3v) is 10.3. The zero-order valence-corrected chi connectivity index (χ0v) is 24.7. The highest BCUT2D eigenvalue weighted by Crippen LogP contribution is 2.54. The Bertz CT molecular complexity index is 1200. The number of fused-ring (bicyclic) bond motifs is 1. The summed E-state index contributed by atoms with van der Waals surface area (Å²) in [6.45, 7) is 0.545. The van der Waals surface area contributed by atoms with Gasteiger partial charge in [-0.3, -0.25) is 9.59 Å². The molecular weight excluding hydrogens is 563 g/mol. The highest BCUT2D eigenvalue weighted by atomic mass is 32.2. The van der Waals surface area contributed by atoms with Crippen molar-refractivity contribution < 1.29 is 28.4 Å². The first-order chi connectivity index (χ1) is 19.8. The first-order valence-corrected chi connectivity index (χ1v) is 16.9. The molecule has 5 N–H and O–H groups in total. The van der Waals surface area contributed by atoms with Gasteiger partial charge in [-0.15, -0.1) is 0 Å². The van der Waals surface area contributed by atoms with Crippen molar-refractivity contribution in [1.82, 2.24) is 21.3 Å². The van der Waals surface area contributed by atoms with Crippen molar-refractivity contribution in [3.05, 3.63) is 66.2 Å². The van der Waals surface area contributed by atoms with Crippen LogP contribution in [0, 0.1) is 0 Å². The van der Waals surface area contributed by atoms with Crippen LogP contribution in [0.4, 0.5) is 4.79 Å². The molecule has 0 aromatic heterocycles. The van der Waals surface area contributed by atoms with Gasteiger partial charge in [-0.2, -0.15) is 11.8 Å². The summed E-state index contributed by atoms with van der Waals surface area (Å²) in [5.41, 5.74) is 0.485. The lowest BCUT2D eigenvalue weighted by Gasteiger charge is -2.24. The summed E-state index contributed by atoms with van der Waals surface area (Å²) in [6, 6.07) is 17.3. The number of nitrogens with one attached hydrogen (secondary N) is 4. The molecule has 0 spiro atoms. The van der Waals surface area contributed by atoms with Gasteiger partial charge in [0.2, 0.25) is 11.8 Å². The maximum Gasteiger partial charge on any atom is 0.403 e. The Morgan fingerprint density at radius 3 is 2.39 bits per heavy atom. The van der Waals surface area contributed by atoms with Gasteiger partial charge in [0.25, 0.3) is 0 Å². The molecule has 0 radical (unpaired) electrons. The molecule has 0 bridgehead atoms. The van der Waals surface area contributed by atoms with Crippen molar-refractivity contribution >= 4 is 37.2 Å². The zero-order valence-electron chi connectivity index (χ0n) is 23.0. The highest BCUT2D eigenvalue weighted by molar-refractivity contribution is 8.00. The highest BCUT2D eigenvalue weighted by Gasteiger charge is 2.42. The summed E-state index contributed by atoms with van der Waals surface area (Å²) in [5.74, 6) is -0.322. The minimum atomic E-state index is -4.29. The molecule has 222 valence electrons. The average Bonchev–Trinajstić information content (AvgIpc) is 3.51. The Kier molecular flexibility index (Phi) is 11.5. The number of benzene rings is 2. The van der Waals surface area contributed by atoms with E-state index in [1.807, 2.05) is 11.8 Å². The Morgan fingerprint density at radius 1 is 0.951 bits per heavy atom. The van der Waals surface area contributed by atoms with Crippen LogP contribution in [0.1, 0.15) is 62.7 Å². The maximum absolute atomic E-state index is 13.2. The molecule has 12 heteroatoms. The minimum Gasteiger partial charge on any atom is -0.423 e. The molecule has 2 heterocycles. The lowest BCUT2D eigenvalue weighted by Crippen LogP contribution is -2.36. The van der Waals surface area contributed by atoms with Gasteiger partial charge < -0.3 is 30.7 Å². The SMILES string of the molecule is O=C(CCCCC1SCC2NC(=O)NC21)NCCCCCC(=O)NC(c1ccccc1)P(=O)(O)Oc1ccccc1. The molecule has 2 aromatic rings. The van der Waals surface area contributed by atoms with Gasteiger partial charge >= 0.3 is 13.6 Å². The molecule has 2 saturated heterocycles. The number of urea groups is 1. The predicted octanol–water partition coefficient (Wildman–Crippen LogP) is 4.47. The van der Waals surface area contributed by atoms with Crippen LogP contribution in [0.25, 0.3) is 0 Å². The van der Waals surface area contributed by atoms with Crippen molar-refractivity contribution in [2.45, 2.75) is 74.5 Å². The van der Waals surface area contributed by atoms with Crippen LogP contribution in [0.5, 0.6) is 5.75 Å². The van der Waals surface area contributed by atoms with Gasteiger partial charge in [0, 0.05) is 30.4 Å². The van der Waals surface area contributed by atoms with E-state index in [-0.39, 0.29) is 42.1 Å². The summed E-state index contributed by atoms with van der Waals surface area (Å²) in [6.07, 6.45) is 5.48. The number of carbonyl (C=O) groups is 3. The molecule has 0 aliphatic carbocycles.